The summed E-state index contributed by atoms with van der Waals surface area (Å²) in [5, 5.41) is 3.54. The van der Waals surface area contributed by atoms with Crippen LogP contribution in [0.25, 0.3) is 0 Å². The van der Waals surface area contributed by atoms with Gasteiger partial charge in [0.2, 0.25) is 0 Å². The predicted octanol–water partition coefficient (Wildman–Crippen LogP) is 2.81. The van der Waals surface area contributed by atoms with E-state index in [0.29, 0.717) is 0 Å². The Morgan fingerprint density at radius 2 is 1.92 bits per heavy atom. The molecule has 2 atom stereocenters. The summed E-state index contributed by atoms with van der Waals surface area (Å²) >= 11 is 0. The Bertz CT molecular complexity index is 112. The monoisotopic (exact) mass is 169 g/mol. The Hall–Kier alpha value is -0.0400. The van der Waals surface area contributed by atoms with Crippen LogP contribution in [0.15, 0.2) is 0 Å². The Labute approximate surface area is 76.9 Å². The van der Waals surface area contributed by atoms with Gasteiger partial charge in [-0.25, -0.2) is 0 Å². The largest absolute Gasteiger partial charge is 0.316 e. The molecule has 0 radical (unpaired) electrons. The van der Waals surface area contributed by atoms with Crippen molar-refractivity contribution in [1.29, 1.82) is 0 Å². The molecular formula is C11H23N. The van der Waals surface area contributed by atoms with Gasteiger partial charge < -0.3 is 5.32 Å². The molecule has 1 aliphatic rings. The van der Waals surface area contributed by atoms with Crippen molar-refractivity contribution >= 4 is 0 Å². The van der Waals surface area contributed by atoms with Crippen molar-refractivity contribution < 1.29 is 0 Å². The van der Waals surface area contributed by atoms with Crippen LogP contribution in [-0.2, 0) is 0 Å². The van der Waals surface area contributed by atoms with Crippen LogP contribution in [-0.4, -0.2) is 13.1 Å². The summed E-state index contributed by atoms with van der Waals surface area (Å²) < 4.78 is 0. The van der Waals surface area contributed by atoms with E-state index < -0.39 is 0 Å². The van der Waals surface area contributed by atoms with Crippen molar-refractivity contribution in [2.24, 2.45) is 11.8 Å². The summed E-state index contributed by atoms with van der Waals surface area (Å²) in [4.78, 5) is 0. The molecular weight excluding hydrogens is 146 g/mol. The zero-order valence-corrected chi connectivity index (χ0v) is 8.60. The van der Waals surface area contributed by atoms with Crippen molar-refractivity contribution in [2.75, 3.05) is 13.1 Å². The highest BCUT2D eigenvalue weighted by atomic mass is 14.9. The van der Waals surface area contributed by atoms with Crippen LogP contribution in [0.1, 0.15) is 46.0 Å². The SMILES string of the molecule is CCCCC1CNCC(CC)C1. The molecule has 1 N–H and O–H groups in total. The van der Waals surface area contributed by atoms with Gasteiger partial charge >= 0.3 is 0 Å². The van der Waals surface area contributed by atoms with E-state index in [0.717, 1.165) is 11.8 Å². The standard InChI is InChI=1S/C11H23N/c1-3-5-6-11-7-10(4-2)8-12-9-11/h10-12H,3-9H2,1-2H3. The van der Waals surface area contributed by atoms with E-state index in [4.69, 9.17) is 0 Å². The van der Waals surface area contributed by atoms with Crippen LogP contribution in [0.4, 0.5) is 0 Å². The molecule has 1 nitrogen and oxygen atoms in total. The molecule has 1 heteroatoms. The first-order valence-electron chi connectivity index (χ1n) is 5.57. The van der Waals surface area contributed by atoms with Crippen LogP contribution in [0, 0.1) is 11.8 Å². The zero-order valence-electron chi connectivity index (χ0n) is 8.60. The van der Waals surface area contributed by atoms with Gasteiger partial charge in [0.05, 0.1) is 0 Å². The smallest absolute Gasteiger partial charge is 0.00203 e. The minimum atomic E-state index is 0.959. The molecule has 1 saturated heterocycles. The molecule has 0 bridgehead atoms. The molecule has 0 amide bonds. The van der Waals surface area contributed by atoms with Gasteiger partial charge in [0.1, 0.15) is 0 Å². The lowest BCUT2D eigenvalue weighted by atomic mass is 9.86. The molecule has 0 aromatic rings. The summed E-state index contributed by atoms with van der Waals surface area (Å²) in [5.41, 5.74) is 0. The first kappa shape index (κ1) is 10.0. The fourth-order valence-corrected chi connectivity index (χ4v) is 2.15. The maximum absolute atomic E-state index is 3.54. The van der Waals surface area contributed by atoms with Gasteiger partial charge in [-0.3, -0.25) is 0 Å². The lowest BCUT2D eigenvalue weighted by Gasteiger charge is -2.29. The maximum atomic E-state index is 3.54. The number of hydrogen-bond donors (Lipinski definition) is 1. The highest BCUT2D eigenvalue weighted by molar-refractivity contribution is 4.75. The van der Waals surface area contributed by atoms with E-state index in [1.54, 1.807) is 0 Å². The number of rotatable bonds is 4. The van der Waals surface area contributed by atoms with E-state index in [2.05, 4.69) is 19.2 Å². The maximum Gasteiger partial charge on any atom is -0.00203 e. The van der Waals surface area contributed by atoms with E-state index in [9.17, 15) is 0 Å². The second-order valence-corrected chi connectivity index (χ2v) is 4.18. The minimum Gasteiger partial charge on any atom is -0.316 e. The van der Waals surface area contributed by atoms with Crippen LogP contribution in [0.3, 0.4) is 0 Å². The molecule has 1 fully saturated rings. The van der Waals surface area contributed by atoms with Crippen LogP contribution in [0.5, 0.6) is 0 Å². The molecule has 12 heavy (non-hydrogen) atoms. The summed E-state index contributed by atoms with van der Waals surface area (Å²) in [6.07, 6.45) is 7.05. The Morgan fingerprint density at radius 1 is 1.17 bits per heavy atom. The molecule has 0 aliphatic carbocycles. The predicted molar refractivity (Wildman–Crippen MR) is 54.3 cm³/mol. The quantitative estimate of drug-likeness (QED) is 0.682. The van der Waals surface area contributed by atoms with E-state index >= 15 is 0 Å². The van der Waals surface area contributed by atoms with Gasteiger partial charge in [-0.2, -0.15) is 0 Å². The Balaban J connectivity index is 2.16. The lowest BCUT2D eigenvalue weighted by Crippen LogP contribution is -2.35. The van der Waals surface area contributed by atoms with Crippen molar-refractivity contribution in [1.82, 2.24) is 5.32 Å². The zero-order chi connectivity index (χ0) is 8.81. The fraction of sp³-hybridized carbons (Fsp3) is 1.00. The van der Waals surface area contributed by atoms with Crippen LogP contribution >= 0.6 is 0 Å². The topological polar surface area (TPSA) is 12.0 Å². The van der Waals surface area contributed by atoms with E-state index in [1.165, 1.54) is 45.2 Å². The van der Waals surface area contributed by atoms with E-state index in [-0.39, 0.29) is 0 Å². The molecule has 1 rings (SSSR count). The van der Waals surface area contributed by atoms with Crippen LogP contribution in [0.2, 0.25) is 0 Å². The van der Waals surface area contributed by atoms with Gasteiger partial charge in [-0.1, -0.05) is 33.1 Å². The lowest BCUT2D eigenvalue weighted by molar-refractivity contribution is 0.265. The molecule has 0 spiro atoms. The van der Waals surface area contributed by atoms with Gasteiger partial charge in [-0.15, -0.1) is 0 Å². The summed E-state index contributed by atoms with van der Waals surface area (Å²) in [6, 6.07) is 0. The summed E-state index contributed by atoms with van der Waals surface area (Å²) in [6.45, 7) is 7.14. The average Bonchev–Trinajstić information content (AvgIpc) is 2.15. The number of hydrogen-bond acceptors (Lipinski definition) is 1. The van der Waals surface area contributed by atoms with Gasteiger partial charge in [0.25, 0.3) is 0 Å². The van der Waals surface area contributed by atoms with Gasteiger partial charge in [-0.05, 0) is 37.8 Å². The average molecular weight is 169 g/mol. The van der Waals surface area contributed by atoms with Crippen molar-refractivity contribution in [3.05, 3.63) is 0 Å². The third kappa shape index (κ3) is 3.14. The van der Waals surface area contributed by atoms with Gasteiger partial charge in [0, 0.05) is 0 Å². The Morgan fingerprint density at radius 3 is 2.58 bits per heavy atom. The highest BCUT2D eigenvalue weighted by Crippen LogP contribution is 2.22. The van der Waals surface area contributed by atoms with Crippen molar-refractivity contribution in [3.63, 3.8) is 0 Å². The molecule has 1 aliphatic heterocycles. The second-order valence-electron chi connectivity index (χ2n) is 4.18. The minimum absolute atomic E-state index is 0.959. The van der Waals surface area contributed by atoms with Crippen molar-refractivity contribution in [2.45, 2.75) is 46.0 Å². The fourth-order valence-electron chi connectivity index (χ4n) is 2.15. The Kier molecular flexibility index (Phi) is 4.67. The van der Waals surface area contributed by atoms with Crippen molar-refractivity contribution in [3.8, 4) is 0 Å². The normalized spacial score (nSPS) is 30.5. The van der Waals surface area contributed by atoms with Crippen LogP contribution < -0.4 is 5.32 Å². The first-order chi connectivity index (χ1) is 5.86. The second kappa shape index (κ2) is 5.58. The van der Waals surface area contributed by atoms with Gasteiger partial charge in [0.15, 0.2) is 0 Å². The summed E-state index contributed by atoms with van der Waals surface area (Å²) in [5.74, 6) is 1.93. The number of unbranched alkanes of at least 4 members (excludes halogenated alkanes) is 1. The molecule has 1 heterocycles. The number of nitrogens with one attached hydrogen (secondary N) is 1. The first-order valence-corrected chi connectivity index (χ1v) is 5.57. The molecule has 2 unspecified atom stereocenters. The molecule has 0 aromatic heterocycles. The molecule has 0 saturated carbocycles. The number of piperidine rings is 1. The third-order valence-electron chi connectivity index (χ3n) is 3.08. The summed E-state index contributed by atoms with van der Waals surface area (Å²) in [7, 11) is 0. The highest BCUT2D eigenvalue weighted by Gasteiger charge is 2.19. The molecule has 0 aromatic carbocycles. The third-order valence-corrected chi connectivity index (χ3v) is 3.08. The van der Waals surface area contributed by atoms with E-state index in [1.807, 2.05) is 0 Å². The molecule has 72 valence electrons.